The topological polar surface area (TPSA) is 86.0 Å². The highest BCUT2D eigenvalue weighted by atomic mass is 32.1. The molecule has 1 aromatic rings. The fourth-order valence-electron chi connectivity index (χ4n) is 7.88. The van der Waals surface area contributed by atoms with Crippen molar-refractivity contribution in [3.8, 4) is 0 Å². The average Bonchev–Trinajstić information content (AvgIpc) is 3.45. The first-order chi connectivity index (χ1) is 17.3. The number of halogens is 3. The van der Waals surface area contributed by atoms with Gasteiger partial charge in [-0.05, 0) is 87.5 Å². The van der Waals surface area contributed by atoms with Crippen molar-refractivity contribution < 1.29 is 41.8 Å². The molecule has 0 aromatic carbocycles. The van der Waals surface area contributed by atoms with Crippen LogP contribution in [0.15, 0.2) is 46.6 Å². The van der Waals surface area contributed by atoms with E-state index in [-0.39, 0.29) is 42.1 Å². The molecule has 3 fully saturated rings. The molecule has 0 aliphatic heterocycles. The molecule has 5 rings (SSSR count). The molecule has 0 spiro atoms. The van der Waals surface area contributed by atoms with Crippen LogP contribution >= 0.6 is 12.2 Å². The Bertz CT molecular complexity index is 1210. The molecule has 3 saturated carbocycles. The van der Waals surface area contributed by atoms with Gasteiger partial charge in [-0.15, -0.1) is 0 Å². The molecule has 0 amide bonds. The number of carbonyl (C=O) groups is 2. The third kappa shape index (κ3) is 3.30. The Morgan fingerprint density at radius 1 is 1.24 bits per heavy atom. The van der Waals surface area contributed by atoms with Crippen LogP contribution in [-0.2, 0) is 14.3 Å². The Labute approximate surface area is 217 Å². The lowest BCUT2D eigenvalue weighted by Crippen LogP contribution is -2.71. The molecule has 4 aliphatic rings. The van der Waals surface area contributed by atoms with Gasteiger partial charge in [-0.2, -0.15) is 0 Å². The molecule has 8 atom stereocenters. The number of ketones is 1. The Morgan fingerprint density at radius 3 is 2.62 bits per heavy atom. The Kier molecular flexibility index (Phi) is 5.85. The van der Waals surface area contributed by atoms with E-state index in [1.807, 2.05) is 0 Å². The maximum atomic E-state index is 17.4. The zero-order valence-electron chi connectivity index (χ0n) is 20.8. The number of hydrogen-bond acceptors (Lipinski definition) is 7. The normalized spacial score (nSPS) is 44.4. The van der Waals surface area contributed by atoms with E-state index in [0.717, 1.165) is 6.08 Å². The number of aliphatic hydroxyl groups excluding tert-OH is 1. The first-order valence-corrected chi connectivity index (χ1v) is 12.7. The summed E-state index contributed by atoms with van der Waals surface area (Å²) in [5.41, 5.74) is -8.87. The quantitative estimate of drug-likeness (QED) is 0.419. The number of rotatable bonds is 4. The van der Waals surface area contributed by atoms with Crippen molar-refractivity contribution in [1.82, 2.24) is 0 Å². The second-order valence-corrected chi connectivity index (χ2v) is 11.7. The molecule has 1 N–H and O–H groups in total. The van der Waals surface area contributed by atoms with Crippen LogP contribution in [0.25, 0.3) is 0 Å². The minimum atomic E-state index is -2.32. The maximum Gasteiger partial charge on any atom is 0.375 e. The van der Waals surface area contributed by atoms with Crippen LogP contribution in [0.1, 0.15) is 57.0 Å². The first-order valence-electron chi connectivity index (χ1n) is 12.3. The second kappa shape index (κ2) is 8.27. The summed E-state index contributed by atoms with van der Waals surface area (Å²) >= 11 is 5.42. The van der Waals surface area contributed by atoms with Gasteiger partial charge in [0.15, 0.2) is 17.1 Å². The largest absolute Gasteiger partial charge is 0.457 e. The fourth-order valence-corrected chi connectivity index (χ4v) is 8.30. The zero-order valence-corrected chi connectivity index (χ0v) is 21.6. The standard InChI is InChI=1S/C27H29F3O6S/c1-23-8-6-15(31)11-19(23)25(3,29)12-17-16-7-9-26(22(37)35-14-28,36-21(33)18-5-4-10-34-18)24(16,2)13-20(32)27(17,23)30/h4-6,8,10-11,16-17,20,32H,7,9,12-14H2,1-3H3/t16-,17-,20?,23-,24-,25?,26?,27+/m0/s1. The summed E-state index contributed by atoms with van der Waals surface area (Å²) < 4.78 is 63.2. The number of fused-ring (bicyclic) bond motifs is 5. The van der Waals surface area contributed by atoms with E-state index in [1.165, 1.54) is 44.4 Å². The Balaban J connectivity index is 1.62. The van der Waals surface area contributed by atoms with Crippen molar-refractivity contribution in [2.45, 2.75) is 69.5 Å². The lowest BCUT2D eigenvalue weighted by Gasteiger charge is -2.64. The summed E-state index contributed by atoms with van der Waals surface area (Å²) in [5.74, 6) is -3.07. The van der Waals surface area contributed by atoms with Gasteiger partial charge < -0.3 is 19.0 Å². The summed E-state index contributed by atoms with van der Waals surface area (Å²) in [4.78, 5) is 25.1. The molecule has 0 radical (unpaired) electrons. The molecule has 10 heteroatoms. The van der Waals surface area contributed by atoms with E-state index in [1.54, 1.807) is 6.92 Å². The van der Waals surface area contributed by atoms with Gasteiger partial charge in [0.25, 0.3) is 0 Å². The molecule has 37 heavy (non-hydrogen) atoms. The third-order valence-corrected chi connectivity index (χ3v) is 10.0. The van der Waals surface area contributed by atoms with Gasteiger partial charge in [0, 0.05) is 16.7 Å². The molecule has 1 aromatic heterocycles. The minimum absolute atomic E-state index is 0.00121. The van der Waals surface area contributed by atoms with Crippen LogP contribution in [0.4, 0.5) is 13.2 Å². The monoisotopic (exact) mass is 538 g/mol. The summed E-state index contributed by atoms with van der Waals surface area (Å²) in [6.45, 7) is 3.25. The smallest absolute Gasteiger partial charge is 0.375 e. The SMILES string of the molecule is CC1(F)C[C@H]2[C@@H]3CCC(OC(=O)c4ccco4)(C(=S)OCF)[C@@]3(C)CC(O)[C@@]2(F)[C@@]2(C)C=CC(=O)C=C12. The summed E-state index contributed by atoms with van der Waals surface area (Å²) in [6.07, 6.45) is 3.14. The summed E-state index contributed by atoms with van der Waals surface area (Å²) in [5, 5.41) is 11.2. The Hall–Kier alpha value is -2.46. The zero-order chi connectivity index (χ0) is 27.0. The van der Waals surface area contributed by atoms with Gasteiger partial charge >= 0.3 is 5.97 Å². The number of hydrogen-bond donors (Lipinski definition) is 1. The minimum Gasteiger partial charge on any atom is -0.457 e. The number of allylic oxidation sites excluding steroid dienone is 4. The predicted molar refractivity (Wildman–Crippen MR) is 130 cm³/mol. The van der Waals surface area contributed by atoms with Crippen LogP contribution in [0.2, 0.25) is 0 Å². The fraction of sp³-hybridized carbons (Fsp3) is 0.593. The van der Waals surface area contributed by atoms with Gasteiger partial charge in [-0.3, -0.25) is 4.79 Å². The van der Waals surface area contributed by atoms with E-state index >= 15 is 8.78 Å². The molecule has 200 valence electrons. The van der Waals surface area contributed by atoms with Gasteiger partial charge in [-0.1, -0.05) is 13.0 Å². The van der Waals surface area contributed by atoms with E-state index in [9.17, 15) is 19.1 Å². The molecule has 3 unspecified atom stereocenters. The molecule has 0 bridgehead atoms. The second-order valence-electron chi connectivity index (χ2n) is 11.3. The van der Waals surface area contributed by atoms with Crippen LogP contribution in [0, 0.1) is 22.7 Å². The number of ether oxygens (including phenoxy) is 2. The lowest BCUT2D eigenvalue weighted by molar-refractivity contribution is -0.221. The van der Waals surface area contributed by atoms with Gasteiger partial charge in [0.05, 0.1) is 12.4 Å². The van der Waals surface area contributed by atoms with E-state index < -0.39 is 64.3 Å². The molecule has 4 aliphatic carbocycles. The predicted octanol–water partition coefficient (Wildman–Crippen LogP) is 5.16. The van der Waals surface area contributed by atoms with E-state index in [4.69, 9.17) is 26.1 Å². The molecule has 6 nitrogen and oxygen atoms in total. The summed E-state index contributed by atoms with van der Waals surface area (Å²) in [7, 11) is 0. The number of thiocarbonyl (C=S) groups is 1. The van der Waals surface area contributed by atoms with Crippen LogP contribution in [0.5, 0.6) is 0 Å². The molecular weight excluding hydrogens is 509 g/mol. The third-order valence-electron chi connectivity index (χ3n) is 9.57. The lowest BCUT2D eigenvalue weighted by atomic mass is 9.43. The van der Waals surface area contributed by atoms with Gasteiger partial charge in [-0.25, -0.2) is 18.0 Å². The average molecular weight is 539 g/mol. The van der Waals surface area contributed by atoms with Crippen LogP contribution in [-0.4, -0.2) is 51.8 Å². The molecular formula is C27H29F3O6S. The first kappa shape index (κ1) is 26.2. The highest BCUT2D eigenvalue weighted by molar-refractivity contribution is 7.80. The highest BCUT2D eigenvalue weighted by Gasteiger charge is 2.77. The van der Waals surface area contributed by atoms with Crippen molar-refractivity contribution in [2.24, 2.45) is 22.7 Å². The number of esters is 1. The maximum absolute atomic E-state index is 17.4. The van der Waals surface area contributed by atoms with Crippen molar-refractivity contribution in [1.29, 1.82) is 0 Å². The van der Waals surface area contributed by atoms with Crippen molar-refractivity contribution in [3.05, 3.63) is 48.0 Å². The van der Waals surface area contributed by atoms with E-state index in [0.29, 0.717) is 0 Å². The molecule has 0 saturated heterocycles. The van der Waals surface area contributed by atoms with Crippen molar-refractivity contribution in [2.75, 3.05) is 6.86 Å². The number of furan rings is 1. The van der Waals surface area contributed by atoms with Crippen LogP contribution < -0.4 is 0 Å². The highest BCUT2D eigenvalue weighted by Crippen LogP contribution is 2.72. The van der Waals surface area contributed by atoms with Gasteiger partial charge in [0.1, 0.15) is 5.67 Å². The number of carbonyl (C=O) groups excluding carboxylic acids is 2. The van der Waals surface area contributed by atoms with Crippen molar-refractivity contribution in [3.63, 3.8) is 0 Å². The Morgan fingerprint density at radius 2 is 1.97 bits per heavy atom. The van der Waals surface area contributed by atoms with Gasteiger partial charge in [0.2, 0.25) is 17.7 Å². The number of alkyl halides is 3. The van der Waals surface area contributed by atoms with E-state index in [2.05, 4.69) is 0 Å². The molecule has 1 heterocycles. The number of aliphatic hydroxyl groups is 1. The van der Waals surface area contributed by atoms with Crippen molar-refractivity contribution >= 4 is 29.0 Å². The van der Waals surface area contributed by atoms with Crippen LogP contribution in [0.3, 0.4) is 0 Å². The summed E-state index contributed by atoms with van der Waals surface area (Å²) in [6, 6.07) is 2.90.